The van der Waals surface area contributed by atoms with Crippen molar-refractivity contribution in [3.05, 3.63) is 38.0 Å². The summed E-state index contributed by atoms with van der Waals surface area (Å²) in [5, 5.41) is 9.51. The molecule has 2 aromatic rings. The molecule has 2 aromatic heterocycles. The first-order valence-electron chi connectivity index (χ1n) is 6.61. The molecule has 24 heavy (non-hydrogen) atoms. The van der Waals surface area contributed by atoms with Crippen LogP contribution < -0.4 is 22.3 Å². The van der Waals surface area contributed by atoms with E-state index < -0.39 is 23.2 Å². The van der Waals surface area contributed by atoms with Crippen molar-refractivity contribution in [2.45, 2.75) is 18.6 Å². The van der Waals surface area contributed by atoms with Crippen molar-refractivity contribution in [2.24, 2.45) is 12.8 Å². The number of aromatic nitrogens is 4. The highest BCUT2D eigenvalue weighted by molar-refractivity contribution is 7.99. The number of hydrogen-bond donors (Lipinski definition) is 3. The molecule has 2 rings (SSSR count). The van der Waals surface area contributed by atoms with Crippen LogP contribution in [0.25, 0.3) is 0 Å². The van der Waals surface area contributed by atoms with E-state index >= 15 is 0 Å². The zero-order chi connectivity index (χ0) is 17.9. The molecule has 0 saturated heterocycles. The maximum atomic E-state index is 12.1. The third-order valence-electron chi connectivity index (χ3n) is 2.98. The van der Waals surface area contributed by atoms with Crippen LogP contribution in [0.2, 0.25) is 0 Å². The predicted octanol–water partition coefficient (Wildman–Crippen LogP) is -1.36. The molecule has 0 aliphatic heterocycles. The van der Waals surface area contributed by atoms with Crippen LogP contribution in [-0.4, -0.2) is 37.4 Å². The minimum atomic E-state index is -0.948. The largest absolute Gasteiger partial charge is 0.416 e. The number of amides is 3. The Morgan fingerprint density at radius 1 is 1.38 bits per heavy atom. The van der Waals surface area contributed by atoms with Gasteiger partial charge in [0.05, 0.1) is 12.2 Å². The maximum Gasteiger partial charge on any atom is 0.328 e. The van der Waals surface area contributed by atoms with E-state index in [1.54, 1.807) is 6.92 Å². The number of carbonyl (C=O) groups is 2. The van der Waals surface area contributed by atoms with E-state index in [2.05, 4.69) is 15.2 Å². The number of hydrogen-bond acceptors (Lipinski definition) is 8. The Morgan fingerprint density at radius 3 is 2.75 bits per heavy atom. The topological polar surface area (TPSA) is 166 Å². The fraction of sp³-hybridized carbons (Fsp3) is 0.333. The number of aryl methyl sites for hydroxylation is 1. The molecule has 0 bridgehead atoms. The fourth-order valence-corrected chi connectivity index (χ4v) is 2.38. The number of rotatable bonds is 5. The highest BCUT2D eigenvalue weighted by Crippen LogP contribution is 2.17. The molecular weight excluding hydrogens is 340 g/mol. The number of nitrogens with one attached hydrogen (secondary N) is 2. The first-order valence-corrected chi connectivity index (χ1v) is 7.59. The van der Waals surface area contributed by atoms with Crippen LogP contribution in [0, 0.1) is 6.92 Å². The van der Waals surface area contributed by atoms with E-state index in [0.29, 0.717) is 11.3 Å². The van der Waals surface area contributed by atoms with Gasteiger partial charge in [-0.25, -0.2) is 9.59 Å². The first-order chi connectivity index (χ1) is 11.3. The summed E-state index contributed by atoms with van der Waals surface area (Å²) in [7, 11) is 1.36. The number of nitrogens with zero attached hydrogens (tertiary/aromatic N) is 3. The van der Waals surface area contributed by atoms with Crippen LogP contribution in [0.3, 0.4) is 0 Å². The minimum absolute atomic E-state index is 0.0380. The van der Waals surface area contributed by atoms with Crippen molar-refractivity contribution in [1.29, 1.82) is 0 Å². The molecule has 0 aliphatic carbocycles. The summed E-state index contributed by atoms with van der Waals surface area (Å²) in [6, 6.07) is -0.948. The number of primary amides is 1. The van der Waals surface area contributed by atoms with E-state index in [1.165, 1.54) is 7.05 Å². The summed E-state index contributed by atoms with van der Waals surface area (Å²) < 4.78 is 6.27. The van der Waals surface area contributed by atoms with Crippen molar-refractivity contribution in [2.75, 3.05) is 5.75 Å². The summed E-state index contributed by atoms with van der Waals surface area (Å²) >= 11 is 0.915. The van der Waals surface area contributed by atoms with Crippen molar-refractivity contribution in [3.63, 3.8) is 0 Å². The van der Waals surface area contributed by atoms with E-state index in [9.17, 15) is 19.2 Å². The number of imide groups is 1. The summed E-state index contributed by atoms with van der Waals surface area (Å²) in [6.45, 7) is 1.60. The Morgan fingerprint density at radius 2 is 2.08 bits per heavy atom. The van der Waals surface area contributed by atoms with E-state index in [1.807, 2.05) is 5.32 Å². The van der Waals surface area contributed by atoms with Gasteiger partial charge in [0.25, 0.3) is 10.8 Å². The molecule has 0 atom stereocenters. The van der Waals surface area contributed by atoms with Gasteiger partial charge in [0.1, 0.15) is 0 Å². The summed E-state index contributed by atoms with van der Waals surface area (Å²) in [5.41, 5.74) is 4.59. The van der Waals surface area contributed by atoms with Gasteiger partial charge in [0, 0.05) is 18.3 Å². The van der Waals surface area contributed by atoms with Gasteiger partial charge >= 0.3 is 11.7 Å². The molecular formula is C12H14N6O5S. The van der Waals surface area contributed by atoms with Gasteiger partial charge in [0.2, 0.25) is 11.8 Å². The highest BCUT2D eigenvalue weighted by Gasteiger charge is 2.15. The Kier molecular flexibility index (Phi) is 5.18. The molecule has 0 saturated carbocycles. The van der Waals surface area contributed by atoms with E-state index in [0.717, 1.165) is 16.3 Å². The molecule has 0 spiro atoms. The van der Waals surface area contributed by atoms with Crippen molar-refractivity contribution in [3.8, 4) is 0 Å². The second-order valence-corrected chi connectivity index (χ2v) is 5.66. The van der Waals surface area contributed by atoms with Crippen molar-refractivity contribution < 1.29 is 14.0 Å². The summed E-state index contributed by atoms with van der Waals surface area (Å²) in [4.78, 5) is 47.9. The third-order valence-corrected chi connectivity index (χ3v) is 3.80. The second kappa shape index (κ2) is 7.12. The Bertz CT molecular complexity index is 898. The van der Waals surface area contributed by atoms with Crippen LogP contribution in [0.4, 0.5) is 4.79 Å². The highest BCUT2D eigenvalue weighted by atomic mass is 32.2. The lowest BCUT2D eigenvalue weighted by Crippen LogP contribution is -2.36. The molecule has 4 N–H and O–H groups in total. The smallest absolute Gasteiger partial charge is 0.328 e. The SMILES string of the molecule is Cc1[nH]c(=O)n(C)c(=O)c1Cc1nnc(SCC(=O)NC(N)=O)o1. The second-order valence-electron chi connectivity index (χ2n) is 4.74. The van der Waals surface area contributed by atoms with Gasteiger partial charge in [-0.05, 0) is 6.92 Å². The van der Waals surface area contributed by atoms with Crippen LogP contribution in [0.1, 0.15) is 17.1 Å². The standard InChI is InChI=1S/C12H14N6O5S/c1-5-6(9(20)18(2)11(22)14-5)3-8-16-17-12(23-8)24-4-7(19)15-10(13)21/h3-4H2,1-2H3,(H,14,22)(H3,13,15,19,21). The lowest BCUT2D eigenvalue weighted by Gasteiger charge is -2.04. The van der Waals surface area contributed by atoms with Crippen LogP contribution in [0.15, 0.2) is 19.2 Å². The number of urea groups is 1. The van der Waals surface area contributed by atoms with Gasteiger partial charge in [-0.1, -0.05) is 11.8 Å². The van der Waals surface area contributed by atoms with Crippen LogP contribution in [-0.2, 0) is 18.3 Å². The quantitative estimate of drug-likeness (QED) is 0.554. The van der Waals surface area contributed by atoms with Gasteiger partial charge in [-0.15, -0.1) is 10.2 Å². The number of aromatic amines is 1. The van der Waals surface area contributed by atoms with Crippen molar-refractivity contribution >= 4 is 23.7 Å². The predicted molar refractivity (Wildman–Crippen MR) is 82.6 cm³/mol. The van der Waals surface area contributed by atoms with Gasteiger partial charge in [-0.2, -0.15) is 0 Å². The van der Waals surface area contributed by atoms with Crippen LogP contribution in [0.5, 0.6) is 0 Å². The Balaban J connectivity index is 2.09. The number of carbonyl (C=O) groups excluding carboxylic acids is 2. The maximum absolute atomic E-state index is 12.1. The lowest BCUT2D eigenvalue weighted by atomic mass is 10.2. The molecule has 3 amide bonds. The molecule has 11 nitrogen and oxygen atoms in total. The summed E-state index contributed by atoms with van der Waals surface area (Å²) in [5.74, 6) is -0.582. The molecule has 0 radical (unpaired) electrons. The molecule has 2 heterocycles. The summed E-state index contributed by atoms with van der Waals surface area (Å²) in [6.07, 6.45) is 0.0380. The molecule has 0 aromatic carbocycles. The van der Waals surface area contributed by atoms with Gasteiger partial charge < -0.3 is 15.1 Å². The van der Waals surface area contributed by atoms with E-state index in [-0.39, 0.29) is 23.3 Å². The zero-order valence-electron chi connectivity index (χ0n) is 12.8. The number of nitrogens with two attached hydrogens (primary N) is 1. The van der Waals surface area contributed by atoms with Crippen molar-refractivity contribution in [1.82, 2.24) is 25.1 Å². The minimum Gasteiger partial charge on any atom is -0.416 e. The third kappa shape index (κ3) is 4.10. The number of H-pyrrole nitrogens is 1. The molecule has 0 aliphatic rings. The van der Waals surface area contributed by atoms with Gasteiger partial charge in [-0.3, -0.25) is 19.5 Å². The van der Waals surface area contributed by atoms with Crippen LogP contribution >= 0.6 is 11.8 Å². The Labute approximate surface area is 138 Å². The number of thioether (sulfide) groups is 1. The normalized spacial score (nSPS) is 10.6. The zero-order valence-corrected chi connectivity index (χ0v) is 13.6. The molecule has 12 heteroatoms. The molecule has 0 unspecified atom stereocenters. The Hall–Kier alpha value is -2.89. The van der Waals surface area contributed by atoms with Gasteiger partial charge in [0.15, 0.2) is 0 Å². The monoisotopic (exact) mass is 354 g/mol. The average molecular weight is 354 g/mol. The van der Waals surface area contributed by atoms with E-state index in [4.69, 9.17) is 10.2 Å². The average Bonchev–Trinajstić information content (AvgIpc) is 2.94. The molecule has 0 fully saturated rings. The first kappa shape index (κ1) is 17.5. The lowest BCUT2D eigenvalue weighted by molar-refractivity contribution is -0.117. The fourth-order valence-electron chi connectivity index (χ4n) is 1.80. The molecule has 128 valence electrons.